The number of fused-ring (bicyclic) bond motifs is 1. The van der Waals surface area contributed by atoms with Gasteiger partial charge in [0.15, 0.2) is 5.82 Å². The molecule has 1 atom stereocenters. The summed E-state index contributed by atoms with van der Waals surface area (Å²) in [6.45, 7) is 8.44. The molecule has 2 aromatic rings. The van der Waals surface area contributed by atoms with E-state index in [0.717, 1.165) is 28.7 Å². The highest BCUT2D eigenvalue weighted by atomic mass is 32.2. The molecule has 25 heavy (non-hydrogen) atoms. The molecule has 0 aliphatic carbocycles. The SMILES string of the molecule is CC1=Nc2c(c(C)nn2-c2ccc(S(N)(=O)=O)cc2)[C@@H](CC(C)C)S1. The van der Waals surface area contributed by atoms with Crippen LogP contribution in [-0.4, -0.2) is 23.2 Å². The number of hydrogen-bond donors (Lipinski definition) is 1. The van der Waals surface area contributed by atoms with Crippen molar-refractivity contribution >= 4 is 32.6 Å². The molecule has 0 saturated heterocycles. The minimum atomic E-state index is -3.71. The van der Waals surface area contributed by atoms with Gasteiger partial charge in [-0.05, 0) is 50.5 Å². The van der Waals surface area contributed by atoms with Crippen LogP contribution in [0.25, 0.3) is 5.69 Å². The predicted octanol–water partition coefficient (Wildman–Crippen LogP) is 3.71. The Balaban J connectivity index is 2.08. The van der Waals surface area contributed by atoms with E-state index in [4.69, 9.17) is 10.1 Å². The van der Waals surface area contributed by atoms with Crippen molar-refractivity contribution in [2.24, 2.45) is 16.0 Å². The Bertz CT molecular complexity index is 928. The van der Waals surface area contributed by atoms with Gasteiger partial charge >= 0.3 is 0 Å². The molecule has 0 radical (unpaired) electrons. The molecule has 1 aromatic heterocycles. The van der Waals surface area contributed by atoms with Gasteiger partial charge in [0, 0.05) is 10.8 Å². The van der Waals surface area contributed by atoms with Crippen molar-refractivity contribution in [3.05, 3.63) is 35.5 Å². The van der Waals surface area contributed by atoms with E-state index in [-0.39, 0.29) is 4.90 Å². The quantitative estimate of drug-likeness (QED) is 0.878. The fraction of sp³-hybridized carbons (Fsp3) is 0.412. The third-order valence-electron chi connectivity index (χ3n) is 4.07. The lowest BCUT2D eigenvalue weighted by molar-refractivity contribution is 0.579. The normalized spacial score (nSPS) is 17.5. The summed E-state index contributed by atoms with van der Waals surface area (Å²) in [4.78, 5) is 4.79. The maximum absolute atomic E-state index is 11.4. The average Bonchev–Trinajstić information content (AvgIpc) is 2.83. The molecule has 0 unspecified atom stereocenters. The third kappa shape index (κ3) is 3.65. The van der Waals surface area contributed by atoms with E-state index in [9.17, 15) is 8.42 Å². The Hall–Kier alpha value is -1.64. The number of hydrogen-bond acceptors (Lipinski definition) is 5. The number of nitrogens with two attached hydrogens (primary N) is 1. The number of nitrogens with zero attached hydrogens (tertiary/aromatic N) is 3. The molecule has 1 aliphatic heterocycles. The van der Waals surface area contributed by atoms with Crippen molar-refractivity contribution < 1.29 is 8.42 Å². The molecule has 0 saturated carbocycles. The fourth-order valence-corrected chi connectivity index (χ4v) is 4.94. The molecule has 0 spiro atoms. The fourth-order valence-electron chi connectivity index (χ4n) is 3.00. The van der Waals surface area contributed by atoms with E-state index in [1.54, 1.807) is 28.6 Å². The van der Waals surface area contributed by atoms with Gasteiger partial charge in [0.05, 0.1) is 21.3 Å². The van der Waals surface area contributed by atoms with Crippen LogP contribution in [0.1, 0.15) is 43.7 Å². The van der Waals surface area contributed by atoms with Gasteiger partial charge in [-0.3, -0.25) is 0 Å². The van der Waals surface area contributed by atoms with E-state index >= 15 is 0 Å². The molecule has 1 aliphatic rings. The number of benzene rings is 1. The molecule has 134 valence electrons. The largest absolute Gasteiger partial charge is 0.238 e. The Morgan fingerprint density at radius 1 is 1.24 bits per heavy atom. The standard InChI is InChI=1S/C17H22N4O2S2/c1-10(2)9-15-16-11(3)20-21(17(16)19-12(4)24-15)13-5-7-14(8-6-13)25(18,22)23/h5-8,10,15H,9H2,1-4H3,(H2,18,22,23)/t15-/m1/s1. The predicted molar refractivity (Wildman–Crippen MR) is 102 cm³/mol. The summed E-state index contributed by atoms with van der Waals surface area (Å²) in [6, 6.07) is 6.40. The van der Waals surface area contributed by atoms with Crippen molar-refractivity contribution in [2.45, 2.75) is 44.3 Å². The lowest BCUT2D eigenvalue weighted by Crippen LogP contribution is -2.12. The number of rotatable bonds is 4. The van der Waals surface area contributed by atoms with Crippen LogP contribution in [0.5, 0.6) is 0 Å². The van der Waals surface area contributed by atoms with Crippen LogP contribution in [0.15, 0.2) is 34.2 Å². The number of primary sulfonamides is 1. The number of thioether (sulfide) groups is 1. The van der Waals surface area contributed by atoms with Crippen LogP contribution >= 0.6 is 11.8 Å². The third-order valence-corrected chi connectivity index (χ3v) is 6.15. The van der Waals surface area contributed by atoms with E-state index < -0.39 is 10.0 Å². The second kappa shape index (κ2) is 6.59. The smallest absolute Gasteiger partial charge is 0.227 e. The molecule has 1 aromatic carbocycles. The summed E-state index contributed by atoms with van der Waals surface area (Å²) in [5.74, 6) is 1.41. The van der Waals surface area contributed by atoms with Gasteiger partial charge in [-0.15, -0.1) is 11.8 Å². The van der Waals surface area contributed by atoms with Gasteiger partial charge in [-0.1, -0.05) is 13.8 Å². The summed E-state index contributed by atoms with van der Waals surface area (Å²) in [5, 5.41) is 11.2. The van der Waals surface area contributed by atoms with E-state index in [0.29, 0.717) is 11.2 Å². The molecule has 3 rings (SSSR count). The molecular weight excluding hydrogens is 356 g/mol. The van der Waals surface area contributed by atoms with Gasteiger partial charge in [0.2, 0.25) is 10.0 Å². The van der Waals surface area contributed by atoms with Gasteiger partial charge in [-0.25, -0.2) is 23.2 Å². The summed E-state index contributed by atoms with van der Waals surface area (Å²) >= 11 is 1.79. The first-order valence-corrected chi connectivity index (χ1v) is 10.5. The topological polar surface area (TPSA) is 90.3 Å². The van der Waals surface area contributed by atoms with Gasteiger partial charge in [0.25, 0.3) is 0 Å². The molecule has 0 bridgehead atoms. The molecule has 2 N–H and O–H groups in total. The second-order valence-corrected chi connectivity index (χ2v) is 9.60. The number of sulfonamides is 1. The molecule has 8 heteroatoms. The zero-order valence-electron chi connectivity index (χ0n) is 14.7. The van der Waals surface area contributed by atoms with Crippen LogP contribution < -0.4 is 5.14 Å². The summed E-state index contributed by atoms with van der Waals surface area (Å²) < 4.78 is 24.7. The van der Waals surface area contributed by atoms with E-state index in [1.807, 2.05) is 13.8 Å². The lowest BCUT2D eigenvalue weighted by atomic mass is 10.0. The molecule has 2 heterocycles. The first-order chi connectivity index (χ1) is 11.7. The van der Waals surface area contributed by atoms with Crippen LogP contribution in [0.2, 0.25) is 0 Å². The minimum absolute atomic E-state index is 0.0851. The molecule has 0 amide bonds. The van der Waals surface area contributed by atoms with Crippen molar-refractivity contribution in [2.75, 3.05) is 0 Å². The first kappa shape index (κ1) is 18.2. The summed E-state index contributed by atoms with van der Waals surface area (Å²) in [6.07, 6.45) is 1.06. The second-order valence-electron chi connectivity index (χ2n) is 6.64. The number of aliphatic imine (C=N–C) groups is 1. The first-order valence-electron chi connectivity index (χ1n) is 8.11. The molecule has 0 fully saturated rings. The van der Waals surface area contributed by atoms with Gasteiger partial charge in [0.1, 0.15) is 0 Å². The van der Waals surface area contributed by atoms with Crippen molar-refractivity contribution in [1.82, 2.24) is 9.78 Å². The zero-order valence-corrected chi connectivity index (χ0v) is 16.4. The Morgan fingerprint density at radius 2 is 1.88 bits per heavy atom. The number of aromatic nitrogens is 2. The Labute approximate surface area is 152 Å². The van der Waals surface area contributed by atoms with Crippen molar-refractivity contribution in [3.63, 3.8) is 0 Å². The molecule has 6 nitrogen and oxygen atoms in total. The van der Waals surface area contributed by atoms with Crippen LogP contribution in [0, 0.1) is 12.8 Å². The highest BCUT2D eigenvalue weighted by Crippen LogP contribution is 2.46. The van der Waals surface area contributed by atoms with Crippen LogP contribution in [-0.2, 0) is 10.0 Å². The van der Waals surface area contributed by atoms with Crippen molar-refractivity contribution in [3.8, 4) is 5.69 Å². The molecular formula is C17H22N4O2S2. The average molecular weight is 379 g/mol. The lowest BCUT2D eigenvalue weighted by Gasteiger charge is -2.23. The van der Waals surface area contributed by atoms with Gasteiger partial charge in [-0.2, -0.15) is 5.10 Å². The maximum atomic E-state index is 11.4. The Kier molecular flexibility index (Phi) is 4.78. The van der Waals surface area contributed by atoms with Gasteiger partial charge < -0.3 is 0 Å². The van der Waals surface area contributed by atoms with Crippen LogP contribution in [0.3, 0.4) is 0 Å². The zero-order chi connectivity index (χ0) is 18.4. The summed E-state index contributed by atoms with van der Waals surface area (Å²) in [5.41, 5.74) is 2.89. The highest BCUT2D eigenvalue weighted by Gasteiger charge is 2.29. The van der Waals surface area contributed by atoms with E-state index in [1.165, 1.54) is 17.7 Å². The van der Waals surface area contributed by atoms with E-state index in [2.05, 4.69) is 18.9 Å². The monoisotopic (exact) mass is 378 g/mol. The Morgan fingerprint density at radius 3 is 2.44 bits per heavy atom. The summed E-state index contributed by atoms with van der Waals surface area (Å²) in [7, 11) is -3.71. The number of aryl methyl sites for hydroxylation is 1. The minimum Gasteiger partial charge on any atom is -0.227 e. The maximum Gasteiger partial charge on any atom is 0.238 e. The van der Waals surface area contributed by atoms with Crippen LogP contribution in [0.4, 0.5) is 5.82 Å². The van der Waals surface area contributed by atoms with Crippen molar-refractivity contribution in [1.29, 1.82) is 0 Å². The highest BCUT2D eigenvalue weighted by molar-refractivity contribution is 8.14.